The van der Waals surface area contributed by atoms with Crippen LogP contribution in [0.2, 0.25) is 0 Å². The standard InChI is InChI=1S/C27H34N6O7S2/c1-41(37,38)33-22-16-19(5-10-23(22)34)24(35)17-30-26(18-11-14-28-15-12-18)42(39,40)21-8-6-20(7-9-21)31-27(36)32-25-4-2-3-13-29-25/h2-10,13,16,18,24,26,28,30,33-35H,11-12,14-15,17H2,1H3,(H2,29,31,32,36)/t24-,26?/m0/s1. The molecular weight excluding hydrogens is 584 g/mol. The predicted molar refractivity (Wildman–Crippen MR) is 159 cm³/mol. The van der Waals surface area contributed by atoms with Crippen LogP contribution in [0.4, 0.5) is 22.0 Å². The molecule has 2 amide bonds. The molecule has 4 rings (SSSR count). The van der Waals surface area contributed by atoms with Gasteiger partial charge in [0.2, 0.25) is 10.0 Å². The summed E-state index contributed by atoms with van der Waals surface area (Å²) in [6.07, 6.45) is 2.48. The lowest BCUT2D eigenvalue weighted by atomic mass is 9.97. The van der Waals surface area contributed by atoms with Gasteiger partial charge in [-0.2, -0.15) is 0 Å². The zero-order chi connectivity index (χ0) is 30.3. The molecule has 3 aromatic rings. The summed E-state index contributed by atoms with van der Waals surface area (Å²) in [6, 6.07) is 14.3. The van der Waals surface area contributed by atoms with Crippen molar-refractivity contribution in [1.82, 2.24) is 15.6 Å². The number of aliphatic hydroxyl groups excluding tert-OH is 1. The van der Waals surface area contributed by atoms with E-state index in [1.807, 2.05) is 0 Å². The van der Waals surface area contributed by atoms with Crippen LogP contribution in [0.25, 0.3) is 0 Å². The molecule has 2 heterocycles. The summed E-state index contributed by atoms with van der Waals surface area (Å²) in [4.78, 5) is 16.4. The largest absolute Gasteiger partial charge is 0.506 e. The van der Waals surface area contributed by atoms with Crippen LogP contribution in [-0.4, -0.2) is 69.3 Å². The predicted octanol–water partition coefficient (Wildman–Crippen LogP) is 2.23. The number of piperidine rings is 1. The van der Waals surface area contributed by atoms with Gasteiger partial charge in [-0.05, 0) is 85.9 Å². The minimum absolute atomic E-state index is 0.0491. The molecule has 1 unspecified atom stereocenters. The third-order valence-corrected chi connectivity index (χ3v) is 9.45. The molecule has 1 aliphatic heterocycles. The Kier molecular flexibility index (Phi) is 10.0. The van der Waals surface area contributed by atoms with Gasteiger partial charge in [-0.1, -0.05) is 12.1 Å². The Labute approximate surface area is 244 Å². The average Bonchev–Trinajstić information content (AvgIpc) is 2.95. The van der Waals surface area contributed by atoms with E-state index in [0.717, 1.165) is 6.26 Å². The van der Waals surface area contributed by atoms with Crippen molar-refractivity contribution in [2.45, 2.75) is 29.2 Å². The van der Waals surface area contributed by atoms with Crippen LogP contribution in [0.3, 0.4) is 0 Å². The van der Waals surface area contributed by atoms with Crippen LogP contribution < -0.4 is 26.0 Å². The summed E-state index contributed by atoms with van der Waals surface area (Å²) < 4.78 is 53.1. The van der Waals surface area contributed by atoms with Gasteiger partial charge in [0, 0.05) is 18.4 Å². The van der Waals surface area contributed by atoms with Crippen LogP contribution in [0, 0.1) is 5.92 Å². The van der Waals surface area contributed by atoms with Crippen molar-refractivity contribution in [3.05, 3.63) is 72.4 Å². The number of nitrogens with one attached hydrogen (secondary N) is 5. The fraction of sp³-hybridized carbons (Fsp3) is 0.333. The van der Waals surface area contributed by atoms with Crippen molar-refractivity contribution in [1.29, 1.82) is 0 Å². The molecule has 15 heteroatoms. The quantitative estimate of drug-likeness (QED) is 0.156. The maximum atomic E-state index is 13.8. The lowest BCUT2D eigenvalue weighted by molar-refractivity contribution is 0.168. The maximum absolute atomic E-state index is 13.8. The maximum Gasteiger partial charge on any atom is 0.324 e. The van der Waals surface area contributed by atoms with E-state index in [4.69, 9.17) is 0 Å². The fourth-order valence-electron chi connectivity index (χ4n) is 4.65. The van der Waals surface area contributed by atoms with E-state index in [0.29, 0.717) is 37.4 Å². The SMILES string of the molecule is CS(=O)(=O)Nc1cc([C@@H](O)CNC(C2CCNCC2)S(=O)(=O)c2ccc(NC(=O)Nc3ccccn3)cc2)ccc1O. The lowest BCUT2D eigenvalue weighted by Crippen LogP contribution is -2.47. The minimum atomic E-state index is -3.93. The van der Waals surface area contributed by atoms with Gasteiger partial charge in [-0.3, -0.25) is 15.4 Å². The van der Waals surface area contributed by atoms with Crippen LogP contribution in [0.1, 0.15) is 24.5 Å². The van der Waals surface area contributed by atoms with Gasteiger partial charge in [-0.15, -0.1) is 0 Å². The Morgan fingerprint density at radius 2 is 1.74 bits per heavy atom. The molecule has 2 aromatic carbocycles. The highest BCUT2D eigenvalue weighted by molar-refractivity contribution is 7.92. The molecule has 0 spiro atoms. The lowest BCUT2D eigenvalue weighted by Gasteiger charge is -2.32. The summed E-state index contributed by atoms with van der Waals surface area (Å²) in [5, 5.41) is 31.3. The van der Waals surface area contributed by atoms with Gasteiger partial charge < -0.3 is 20.8 Å². The zero-order valence-electron chi connectivity index (χ0n) is 22.8. The Balaban J connectivity index is 1.48. The summed E-state index contributed by atoms with van der Waals surface area (Å²) in [5.41, 5.74) is 0.571. The number of sulfonamides is 1. The first-order chi connectivity index (χ1) is 19.9. The molecule has 13 nitrogen and oxygen atoms in total. The number of hydrogen-bond acceptors (Lipinski definition) is 10. The second-order valence-electron chi connectivity index (χ2n) is 9.95. The first-order valence-corrected chi connectivity index (χ1v) is 16.6. The molecule has 0 aliphatic carbocycles. The Morgan fingerprint density at radius 3 is 2.38 bits per heavy atom. The van der Waals surface area contributed by atoms with E-state index in [2.05, 4.69) is 31.0 Å². The molecular formula is C27H34N6O7S2. The molecule has 0 saturated carbocycles. The van der Waals surface area contributed by atoms with Crippen LogP contribution in [0.5, 0.6) is 5.75 Å². The number of pyridine rings is 1. The van der Waals surface area contributed by atoms with Crippen molar-refractivity contribution in [3.63, 3.8) is 0 Å². The number of aliphatic hydroxyl groups is 1. The number of anilines is 3. The second-order valence-corrected chi connectivity index (χ2v) is 13.8. The molecule has 2 atom stereocenters. The Hall–Kier alpha value is -3.76. The van der Waals surface area contributed by atoms with E-state index in [9.17, 15) is 31.8 Å². The number of sulfone groups is 1. The Bertz CT molecular complexity index is 1580. The van der Waals surface area contributed by atoms with Gasteiger partial charge in [0.15, 0.2) is 9.84 Å². The minimum Gasteiger partial charge on any atom is -0.506 e. The number of carbonyl (C=O) groups is 1. The van der Waals surface area contributed by atoms with Crippen molar-refractivity contribution >= 4 is 43.1 Å². The molecule has 1 aliphatic rings. The molecule has 7 N–H and O–H groups in total. The molecule has 1 fully saturated rings. The Morgan fingerprint density at radius 1 is 1.02 bits per heavy atom. The molecule has 42 heavy (non-hydrogen) atoms. The number of aromatic nitrogens is 1. The summed E-state index contributed by atoms with van der Waals surface area (Å²) >= 11 is 0. The number of urea groups is 1. The number of phenolic OH excluding ortho intramolecular Hbond substituents is 1. The van der Waals surface area contributed by atoms with Crippen molar-refractivity contribution < 1.29 is 31.8 Å². The van der Waals surface area contributed by atoms with Crippen LogP contribution >= 0.6 is 0 Å². The number of aromatic hydroxyl groups is 1. The highest BCUT2D eigenvalue weighted by atomic mass is 32.2. The molecule has 0 bridgehead atoms. The summed E-state index contributed by atoms with van der Waals surface area (Å²) in [5.74, 6) is -0.193. The number of benzene rings is 2. The second kappa shape index (κ2) is 13.5. The third kappa shape index (κ3) is 8.39. The van der Waals surface area contributed by atoms with Crippen molar-refractivity contribution in [3.8, 4) is 5.75 Å². The summed E-state index contributed by atoms with van der Waals surface area (Å²) in [6.45, 7) is 1.14. The van der Waals surface area contributed by atoms with Gasteiger partial charge >= 0.3 is 6.03 Å². The topological polar surface area (TPSA) is 199 Å². The average molecular weight is 619 g/mol. The van der Waals surface area contributed by atoms with Gasteiger partial charge in [0.05, 0.1) is 22.9 Å². The molecule has 1 aromatic heterocycles. The number of hydrogen-bond donors (Lipinski definition) is 7. The van der Waals surface area contributed by atoms with Gasteiger partial charge in [-0.25, -0.2) is 26.6 Å². The van der Waals surface area contributed by atoms with Crippen molar-refractivity contribution in [2.24, 2.45) is 5.92 Å². The molecule has 1 saturated heterocycles. The molecule has 226 valence electrons. The van der Waals surface area contributed by atoms with E-state index in [-0.39, 0.29) is 34.4 Å². The highest BCUT2D eigenvalue weighted by Crippen LogP contribution is 2.30. The molecule has 0 radical (unpaired) electrons. The number of phenols is 1. The van der Waals surface area contributed by atoms with E-state index < -0.39 is 37.4 Å². The first-order valence-electron chi connectivity index (χ1n) is 13.2. The van der Waals surface area contributed by atoms with E-state index in [1.54, 1.807) is 24.4 Å². The van der Waals surface area contributed by atoms with Gasteiger partial charge in [0.25, 0.3) is 0 Å². The third-order valence-electron chi connectivity index (χ3n) is 6.71. The number of nitrogens with zero attached hydrogens (tertiary/aromatic N) is 1. The zero-order valence-corrected chi connectivity index (χ0v) is 24.5. The van der Waals surface area contributed by atoms with Crippen LogP contribution in [-0.2, 0) is 19.9 Å². The number of rotatable bonds is 11. The van der Waals surface area contributed by atoms with Gasteiger partial charge in [0.1, 0.15) is 16.9 Å². The number of amides is 2. The normalized spacial score (nSPS) is 15.9. The monoisotopic (exact) mass is 618 g/mol. The first kappa shape index (κ1) is 31.2. The smallest absolute Gasteiger partial charge is 0.324 e. The summed E-state index contributed by atoms with van der Waals surface area (Å²) in [7, 11) is -7.61. The van der Waals surface area contributed by atoms with E-state index in [1.165, 1.54) is 42.5 Å². The van der Waals surface area contributed by atoms with Crippen LogP contribution in [0.15, 0.2) is 71.8 Å². The fourth-order valence-corrected chi connectivity index (χ4v) is 7.12. The number of carbonyl (C=O) groups excluding carboxylic acids is 1. The van der Waals surface area contributed by atoms with E-state index >= 15 is 0 Å². The highest BCUT2D eigenvalue weighted by Gasteiger charge is 2.35. The van der Waals surface area contributed by atoms with Crippen molar-refractivity contribution in [2.75, 3.05) is 41.2 Å².